The minimum Gasteiger partial charge on any atom is -0.392 e. The molecule has 1 aromatic carbocycles. The summed E-state index contributed by atoms with van der Waals surface area (Å²) >= 11 is 7.74. The van der Waals surface area contributed by atoms with Gasteiger partial charge in [-0.25, -0.2) is 0 Å². The number of aliphatic hydroxyl groups is 1. The van der Waals surface area contributed by atoms with Crippen LogP contribution in [0.1, 0.15) is 11.1 Å². The van der Waals surface area contributed by atoms with Crippen molar-refractivity contribution in [2.24, 2.45) is 0 Å². The molecular weight excluding hydrogens is 254 g/mol. The fourth-order valence-electron chi connectivity index (χ4n) is 1.37. The summed E-state index contributed by atoms with van der Waals surface area (Å²) < 4.78 is 0. The molecule has 2 rings (SSSR count). The van der Waals surface area contributed by atoms with Crippen LogP contribution in [0.4, 0.5) is 0 Å². The molecule has 0 saturated heterocycles. The van der Waals surface area contributed by atoms with Crippen molar-refractivity contribution in [3.63, 3.8) is 0 Å². The Hall–Kier alpha value is -1.03. The second kappa shape index (κ2) is 6.05. The van der Waals surface area contributed by atoms with Crippen LogP contribution >= 0.6 is 23.4 Å². The van der Waals surface area contributed by atoms with E-state index in [0.717, 1.165) is 21.8 Å². The van der Waals surface area contributed by atoms with Crippen molar-refractivity contribution in [2.75, 3.05) is 0 Å². The standard InChI is InChI=1S/C13H12ClNOS/c14-13-7-15-6-5-11(13)9-17-12-3-1-10(8-16)2-4-12/h1-7,16H,8-9H2. The molecule has 0 amide bonds. The van der Waals surface area contributed by atoms with Crippen molar-refractivity contribution < 1.29 is 5.11 Å². The Bertz CT molecular complexity index is 487. The van der Waals surface area contributed by atoms with E-state index in [4.69, 9.17) is 16.7 Å². The maximum Gasteiger partial charge on any atom is 0.0681 e. The molecule has 0 saturated carbocycles. The van der Waals surface area contributed by atoms with Crippen LogP contribution in [-0.4, -0.2) is 10.1 Å². The molecule has 1 N–H and O–H groups in total. The van der Waals surface area contributed by atoms with Gasteiger partial charge in [0.15, 0.2) is 0 Å². The number of hydrogen-bond donors (Lipinski definition) is 1. The molecule has 4 heteroatoms. The van der Waals surface area contributed by atoms with Crippen LogP contribution in [-0.2, 0) is 12.4 Å². The van der Waals surface area contributed by atoms with E-state index >= 15 is 0 Å². The third-order valence-electron chi connectivity index (χ3n) is 2.36. The number of benzene rings is 1. The first-order valence-electron chi connectivity index (χ1n) is 5.20. The minimum atomic E-state index is 0.0845. The van der Waals surface area contributed by atoms with E-state index in [2.05, 4.69) is 4.98 Å². The normalized spacial score (nSPS) is 10.5. The Kier molecular flexibility index (Phi) is 4.42. The lowest BCUT2D eigenvalue weighted by molar-refractivity contribution is 0.282. The van der Waals surface area contributed by atoms with Crippen LogP contribution in [0, 0.1) is 0 Å². The van der Waals surface area contributed by atoms with Gasteiger partial charge in [0.05, 0.1) is 11.6 Å². The van der Waals surface area contributed by atoms with E-state index in [9.17, 15) is 0 Å². The van der Waals surface area contributed by atoms with Gasteiger partial charge in [0.1, 0.15) is 0 Å². The summed E-state index contributed by atoms with van der Waals surface area (Å²) in [5.74, 6) is 0.819. The molecule has 0 atom stereocenters. The zero-order valence-corrected chi connectivity index (χ0v) is 10.7. The van der Waals surface area contributed by atoms with Crippen LogP contribution < -0.4 is 0 Å². The van der Waals surface area contributed by atoms with Gasteiger partial charge in [-0.05, 0) is 29.3 Å². The number of aromatic nitrogens is 1. The van der Waals surface area contributed by atoms with Gasteiger partial charge in [-0.15, -0.1) is 11.8 Å². The Morgan fingerprint density at radius 2 is 1.94 bits per heavy atom. The van der Waals surface area contributed by atoms with Crippen LogP contribution in [0.2, 0.25) is 5.02 Å². The zero-order valence-electron chi connectivity index (χ0n) is 9.14. The van der Waals surface area contributed by atoms with E-state index in [0.29, 0.717) is 5.02 Å². The average Bonchev–Trinajstić information content (AvgIpc) is 2.38. The van der Waals surface area contributed by atoms with Crippen molar-refractivity contribution in [1.82, 2.24) is 4.98 Å². The highest BCUT2D eigenvalue weighted by molar-refractivity contribution is 7.98. The first-order valence-corrected chi connectivity index (χ1v) is 6.57. The molecule has 2 aromatic rings. The molecule has 1 aromatic heterocycles. The first-order chi connectivity index (χ1) is 8.29. The molecule has 0 aliphatic rings. The zero-order chi connectivity index (χ0) is 12.1. The number of rotatable bonds is 4. The van der Waals surface area contributed by atoms with Gasteiger partial charge in [-0.2, -0.15) is 0 Å². The molecule has 2 nitrogen and oxygen atoms in total. The summed E-state index contributed by atoms with van der Waals surface area (Å²) in [6.45, 7) is 0.0845. The van der Waals surface area contributed by atoms with Crippen LogP contribution in [0.15, 0.2) is 47.6 Å². The average molecular weight is 266 g/mol. The Balaban J connectivity index is 2.00. The Labute approximate surface area is 110 Å². The number of thioether (sulfide) groups is 1. The molecule has 0 unspecified atom stereocenters. The summed E-state index contributed by atoms with van der Waals surface area (Å²) in [4.78, 5) is 5.12. The highest BCUT2D eigenvalue weighted by atomic mass is 35.5. The number of halogens is 1. The summed E-state index contributed by atoms with van der Waals surface area (Å²) in [6.07, 6.45) is 3.41. The van der Waals surface area contributed by atoms with Crippen molar-refractivity contribution in [2.45, 2.75) is 17.3 Å². The van der Waals surface area contributed by atoms with Gasteiger partial charge in [-0.3, -0.25) is 4.98 Å². The monoisotopic (exact) mass is 265 g/mol. The van der Waals surface area contributed by atoms with E-state index < -0.39 is 0 Å². The quantitative estimate of drug-likeness (QED) is 0.859. The summed E-state index contributed by atoms with van der Waals surface area (Å²) in [7, 11) is 0. The molecule has 0 bridgehead atoms. The van der Waals surface area contributed by atoms with Crippen LogP contribution in [0.5, 0.6) is 0 Å². The number of pyridine rings is 1. The predicted octanol–water partition coefficient (Wildman–Crippen LogP) is 3.52. The van der Waals surface area contributed by atoms with Crippen molar-refractivity contribution >= 4 is 23.4 Å². The highest BCUT2D eigenvalue weighted by Crippen LogP contribution is 2.26. The second-order valence-corrected chi connectivity index (χ2v) is 5.01. The second-order valence-electron chi connectivity index (χ2n) is 3.56. The predicted molar refractivity (Wildman–Crippen MR) is 71.2 cm³/mol. The SMILES string of the molecule is OCc1ccc(SCc2ccncc2Cl)cc1. The summed E-state index contributed by atoms with van der Waals surface area (Å²) in [5, 5.41) is 9.64. The van der Waals surface area contributed by atoms with Crippen LogP contribution in [0.25, 0.3) is 0 Å². The molecule has 17 heavy (non-hydrogen) atoms. The first kappa shape index (κ1) is 12.4. The lowest BCUT2D eigenvalue weighted by atomic mass is 10.2. The van der Waals surface area contributed by atoms with Crippen molar-refractivity contribution in [3.8, 4) is 0 Å². The van der Waals surface area contributed by atoms with Gasteiger partial charge in [0.25, 0.3) is 0 Å². The number of hydrogen-bond acceptors (Lipinski definition) is 3. The molecule has 0 fully saturated rings. The molecule has 0 aliphatic carbocycles. The van der Waals surface area contributed by atoms with Gasteiger partial charge in [0.2, 0.25) is 0 Å². The topological polar surface area (TPSA) is 33.1 Å². The van der Waals surface area contributed by atoms with E-state index in [1.165, 1.54) is 0 Å². The maximum absolute atomic E-state index is 8.94. The maximum atomic E-state index is 8.94. The fraction of sp³-hybridized carbons (Fsp3) is 0.154. The van der Waals surface area contributed by atoms with Gasteiger partial charge in [0, 0.05) is 23.0 Å². The molecule has 88 valence electrons. The highest BCUT2D eigenvalue weighted by Gasteiger charge is 2.01. The third-order valence-corrected chi connectivity index (χ3v) is 3.76. The van der Waals surface area contributed by atoms with E-state index in [1.807, 2.05) is 30.3 Å². The van der Waals surface area contributed by atoms with Gasteiger partial charge >= 0.3 is 0 Å². The third kappa shape index (κ3) is 3.46. The summed E-state index contributed by atoms with van der Waals surface area (Å²) in [6, 6.07) is 9.79. The largest absolute Gasteiger partial charge is 0.392 e. The lowest BCUT2D eigenvalue weighted by Crippen LogP contribution is -1.85. The lowest BCUT2D eigenvalue weighted by Gasteiger charge is -2.04. The molecule has 0 spiro atoms. The number of nitrogens with zero attached hydrogens (tertiary/aromatic N) is 1. The summed E-state index contributed by atoms with van der Waals surface area (Å²) in [5.41, 5.74) is 2.01. The molecule has 0 aliphatic heterocycles. The molecule has 0 radical (unpaired) electrons. The fourth-order valence-corrected chi connectivity index (χ4v) is 2.54. The smallest absolute Gasteiger partial charge is 0.0681 e. The van der Waals surface area contributed by atoms with Crippen LogP contribution in [0.3, 0.4) is 0 Å². The van der Waals surface area contributed by atoms with Crippen molar-refractivity contribution in [3.05, 3.63) is 58.9 Å². The Morgan fingerprint density at radius 3 is 2.59 bits per heavy atom. The minimum absolute atomic E-state index is 0.0845. The van der Waals surface area contributed by atoms with Gasteiger partial charge in [-0.1, -0.05) is 23.7 Å². The van der Waals surface area contributed by atoms with E-state index in [-0.39, 0.29) is 6.61 Å². The molecule has 1 heterocycles. The number of aliphatic hydroxyl groups excluding tert-OH is 1. The molecular formula is C13H12ClNOS. The Morgan fingerprint density at radius 1 is 1.18 bits per heavy atom. The van der Waals surface area contributed by atoms with Crippen molar-refractivity contribution in [1.29, 1.82) is 0 Å². The van der Waals surface area contributed by atoms with Gasteiger partial charge < -0.3 is 5.11 Å². The van der Waals surface area contributed by atoms with E-state index in [1.54, 1.807) is 24.2 Å².